The highest BCUT2D eigenvalue weighted by atomic mass is 16.2. The second-order valence-electron chi connectivity index (χ2n) is 14.2. The maximum atomic E-state index is 12.8. The van der Waals surface area contributed by atoms with Crippen LogP contribution in [0.1, 0.15) is 91.7 Å². The van der Waals surface area contributed by atoms with Crippen molar-refractivity contribution in [1.29, 1.82) is 0 Å². The van der Waals surface area contributed by atoms with Gasteiger partial charge in [-0.05, 0) is 60.1 Å². The van der Waals surface area contributed by atoms with Crippen LogP contribution in [0.25, 0.3) is 11.4 Å². The summed E-state index contributed by atoms with van der Waals surface area (Å²) in [5.41, 5.74) is 6.93. The van der Waals surface area contributed by atoms with Crippen LogP contribution in [0.2, 0.25) is 0 Å². The van der Waals surface area contributed by atoms with Gasteiger partial charge >= 0.3 is 0 Å². The van der Waals surface area contributed by atoms with Crippen molar-refractivity contribution in [3.63, 3.8) is 0 Å². The number of amides is 2. The highest BCUT2D eigenvalue weighted by Crippen LogP contribution is 2.30. The molecule has 0 radical (unpaired) electrons. The lowest BCUT2D eigenvalue weighted by atomic mass is 10.1. The van der Waals surface area contributed by atoms with E-state index in [0.29, 0.717) is 24.5 Å². The average Bonchev–Trinajstić information content (AvgIpc) is 4.09. The summed E-state index contributed by atoms with van der Waals surface area (Å²) >= 11 is 0. The Bertz CT molecular complexity index is 2480. The lowest BCUT2D eigenvalue weighted by Crippen LogP contribution is -2.30. The first-order valence-electron chi connectivity index (χ1n) is 19.3. The predicted octanol–water partition coefficient (Wildman–Crippen LogP) is 6.00. The van der Waals surface area contributed by atoms with Gasteiger partial charge in [-0.25, -0.2) is 19.9 Å². The van der Waals surface area contributed by atoms with Gasteiger partial charge in [-0.2, -0.15) is 0 Å². The molecule has 4 aromatic carbocycles. The van der Waals surface area contributed by atoms with Crippen LogP contribution in [0.15, 0.2) is 134 Å². The van der Waals surface area contributed by atoms with Crippen molar-refractivity contribution in [2.24, 2.45) is 0 Å². The molecular formula is C44H40N12O2. The summed E-state index contributed by atoms with van der Waals surface area (Å²) in [6.45, 7) is 0. The third-order valence-corrected chi connectivity index (χ3v) is 10.4. The van der Waals surface area contributed by atoms with Gasteiger partial charge in [-0.3, -0.25) is 19.8 Å². The van der Waals surface area contributed by atoms with Crippen molar-refractivity contribution in [2.75, 3.05) is 0 Å². The smallest absolute Gasteiger partial charge is 0.291 e. The third-order valence-electron chi connectivity index (χ3n) is 10.4. The van der Waals surface area contributed by atoms with E-state index in [-0.39, 0.29) is 35.5 Å². The molecule has 0 fully saturated rings. The number of nitrogens with zero attached hydrogens (tertiary/aromatic N) is 8. The number of para-hydroxylation sites is 2. The van der Waals surface area contributed by atoms with Crippen LogP contribution in [0.4, 0.5) is 0 Å². The Balaban J connectivity index is 0.000000150. The molecular weight excluding hydrogens is 729 g/mol. The fourth-order valence-electron chi connectivity index (χ4n) is 7.57. The Morgan fingerprint density at radius 2 is 0.983 bits per heavy atom. The summed E-state index contributed by atoms with van der Waals surface area (Å²) in [4.78, 5) is 43.4. The molecule has 8 aromatic rings. The summed E-state index contributed by atoms with van der Waals surface area (Å²) in [5.74, 6) is 2.67. The number of benzene rings is 4. The van der Waals surface area contributed by atoms with E-state index in [1.807, 2.05) is 106 Å². The normalized spacial score (nSPS) is 15.2. The molecule has 14 heteroatoms. The molecule has 0 spiro atoms. The van der Waals surface area contributed by atoms with Gasteiger partial charge in [-0.1, -0.05) is 97.1 Å². The van der Waals surface area contributed by atoms with E-state index in [1.165, 1.54) is 11.1 Å². The first kappa shape index (κ1) is 36.2. The fourth-order valence-corrected chi connectivity index (χ4v) is 7.57. The van der Waals surface area contributed by atoms with Crippen LogP contribution in [-0.2, 0) is 25.7 Å². The topological polar surface area (TPSA) is 177 Å². The van der Waals surface area contributed by atoms with Crippen molar-refractivity contribution in [1.82, 2.24) is 60.1 Å². The Hall–Kier alpha value is -7.48. The molecule has 4 aromatic heterocycles. The van der Waals surface area contributed by atoms with Crippen molar-refractivity contribution in [3.8, 4) is 11.4 Å². The molecule has 58 heavy (non-hydrogen) atoms. The number of fused-ring (bicyclic) bond motifs is 6. The largest absolute Gasteiger partial charge is 0.339 e. The average molecular weight is 769 g/mol. The first-order valence-corrected chi connectivity index (χ1v) is 19.3. The minimum Gasteiger partial charge on any atom is -0.339 e. The van der Waals surface area contributed by atoms with Crippen molar-refractivity contribution >= 4 is 11.8 Å². The van der Waals surface area contributed by atoms with Crippen molar-refractivity contribution in [3.05, 3.63) is 191 Å². The van der Waals surface area contributed by atoms with E-state index in [1.54, 1.807) is 12.4 Å². The lowest BCUT2D eigenvalue weighted by molar-refractivity contribution is 0.0914. The number of carbonyl (C=O) groups excluding carboxylic acids is 2. The Morgan fingerprint density at radius 3 is 1.43 bits per heavy atom. The zero-order chi connectivity index (χ0) is 39.3. The lowest BCUT2D eigenvalue weighted by Gasteiger charge is -2.15. The van der Waals surface area contributed by atoms with Crippen LogP contribution in [0.3, 0.4) is 0 Å². The predicted molar refractivity (Wildman–Crippen MR) is 215 cm³/mol. The van der Waals surface area contributed by atoms with E-state index >= 15 is 0 Å². The van der Waals surface area contributed by atoms with E-state index in [2.05, 4.69) is 75.2 Å². The number of aromatic amines is 2. The van der Waals surface area contributed by atoms with E-state index in [9.17, 15) is 9.59 Å². The summed E-state index contributed by atoms with van der Waals surface area (Å²) in [6, 6.07) is 36.0. The van der Waals surface area contributed by atoms with Gasteiger partial charge in [0, 0.05) is 49.0 Å². The molecule has 0 saturated carbocycles. The van der Waals surface area contributed by atoms with Crippen LogP contribution in [0.5, 0.6) is 0 Å². The van der Waals surface area contributed by atoms with Gasteiger partial charge in [0.25, 0.3) is 11.8 Å². The maximum Gasteiger partial charge on any atom is 0.291 e. The van der Waals surface area contributed by atoms with E-state index < -0.39 is 0 Å². The highest BCUT2D eigenvalue weighted by Gasteiger charge is 2.28. The molecule has 4 N–H and O–H groups in total. The molecule has 6 heterocycles. The molecule has 0 saturated heterocycles. The van der Waals surface area contributed by atoms with Crippen LogP contribution in [-0.4, -0.2) is 61.3 Å². The summed E-state index contributed by atoms with van der Waals surface area (Å²) in [6.07, 6.45) is 11.8. The van der Waals surface area contributed by atoms with E-state index in [4.69, 9.17) is 0 Å². The van der Waals surface area contributed by atoms with Gasteiger partial charge in [0.1, 0.15) is 23.3 Å². The van der Waals surface area contributed by atoms with Crippen LogP contribution < -0.4 is 10.6 Å². The SMILES string of the molecule is O=C(N[C@@H]1CCc2ccccc2-n2ccnc21)c1n[nH]c(Cc2ccccc2)n1.O=C(N[C@H]1CCc2ccccc2-n2ccnc21)c1n[nH]c(Cc2ccccc2)n1. The summed E-state index contributed by atoms with van der Waals surface area (Å²) < 4.78 is 4.10. The molecule has 288 valence electrons. The molecule has 2 amide bonds. The number of carbonyl (C=O) groups is 2. The van der Waals surface area contributed by atoms with Crippen LogP contribution >= 0.6 is 0 Å². The van der Waals surface area contributed by atoms with Crippen molar-refractivity contribution < 1.29 is 9.59 Å². The Morgan fingerprint density at radius 1 is 0.569 bits per heavy atom. The summed E-state index contributed by atoms with van der Waals surface area (Å²) in [7, 11) is 0. The van der Waals surface area contributed by atoms with Gasteiger partial charge in [0.15, 0.2) is 0 Å². The van der Waals surface area contributed by atoms with Crippen LogP contribution in [0, 0.1) is 0 Å². The molecule has 2 aliphatic rings. The molecule has 2 atom stereocenters. The molecule has 0 unspecified atom stereocenters. The number of hydrogen-bond donors (Lipinski definition) is 4. The fraction of sp³-hybridized carbons (Fsp3) is 0.182. The van der Waals surface area contributed by atoms with Crippen molar-refractivity contribution in [2.45, 2.75) is 50.6 Å². The third kappa shape index (κ3) is 7.80. The molecule has 2 aliphatic heterocycles. The summed E-state index contributed by atoms with van der Waals surface area (Å²) in [5, 5.41) is 20.1. The quantitative estimate of drug-likeness (QED) is 0.146. The molecule has 0 aliphatic carbocycles. The number of imidazole rings is 2. The van der Waals surface area contributed by atoms with E-state index in [0.717, 1.165) is 59.8 Å². The van der Waals surface area contributed by atoms with Gasteiger partial charge in [0.2, 0.25) is 11.6 Å². The second-order valence-corrected chi connectivity index (χ2v) is 14.2. The monoisotopic (exact) mass is 768 g/mol. The zero-order valence-electron chi connectivity index (χ0n) is 31.5. The number of aromatic nitrogens is 10. The number of H-pyrrole nitrogens is 2. The Labute approximate surface area is 333 Å². The number of aryl methyl sites for hydroxylation is 2. The maximum absolute atomic E-state index is 12.8. The minimum atomic E-state index is -0.300. The zero-order valence-corrected chi connectivity index (χ0v) is 31.5. The van der Waals surface area contributed by atoms with Gasteiger partial charge in [0.05, 0.1) is 12.1 Å². The molecule has 0 bridgehead atoms. The van der Waals surface area contributed by atoms with Gasteiger partial charge < -0.3 is 19.8 Å². The number of nitrogens with one attached hydrogen (secondary N) is 4. The standard InChI is InChI=1S/2C22H20N6O/c2*29-22(20-25-19(26-27-20)14-15-6-2-1-3-7-15)24-17-11-10-16-8-4-5-9-18(16)28-13-12-23-21(17)28/h2*1-9,12-13,17H,10-11,14H2,(H,24,29)(H,25,26,27)/t2*17-/m10/s1. The second kappa shape index (κ2) is 16.3. The number of hydrogen-bond acceptors (Lipinski definition) is 8. The molecule has 14 nitrogen and oxygen atoms in total. The van der Waals surface area contributed by atoms with Gasteiger partial charge in [-0.15, -0.1) is 10.2 Å². The Kier molecular flexibility index (Phi) is 10.2. The minimum absolute atomic E-state index is 0.149. The number of rotatable bonds is 8. The first-order chi connectivity index (χ1) is 28.6. The molecule has 10 rings (SSSR count). The highest BCUT2D eigenvalue weighted by molar-refractivity contribution is 5.91.